The number of nitrogens with two attached hydrogens (primary N) is 2. The molecule has 0 saturated carbocycles. The van der Waals surface area contributed by atoms with E-state index >= 15 is 0 Å². The fourth-order valence-electron chi connectivity index (χ4n) is 3.90. The van der Waals surface area contributed by atoms with E-state index in [1.807, 2.05) is 52.0 Å². The van der Waals surface area contributed by atoms with Crippen molar-refractivity contribution in [2.75, 3.05) is 6.54 Å². The van der Waals surface area contributed by atoms with Gasteiger partial charge in [-0.05, 0) is 55.9 Å². The zero-order valence-corrected chi connectivity index (χ0v) is 18.4. The van der Waals surface area contributed by atoms with E-state index in [1.54, 1.807) is 6.08 Å². The van der Waals surface area contributed by atoms with Gasteiger partial charge in [0.2, 0.25) is 0 Å². The zero-order valence-electron chi connectivity index (χ0n) is 18.4. The lowest BCUT2D eigenvalue weighted by Gasteiger charge is -2.38. The molecule has 7 nitrogen and oxygen atoms in total. The van der Waals surface area contributed by atoms with E-state index in [4.69, 9.17) is 16.9 Å². The average Bonchev–Trinajstić information content (AvgIpc) is 2.70. The van der Waals surface area contributed by atoms with Gasteiger partial charge < -0.3 is 11.5 Å². The third-order valence-electron chi connectivity index (χ3n) is 5.49. The van der Waals surface area contributed by atoms with E-state index in [0.29, 0.717) is 18.4 Å². The van der Waals surface area contributed by atoms with E-state index in [1.165, 1.54) is 0 Å². The van der Waals surface area contributed by atoms with Gasteiger partial charge in [0, 0.05) is 6.04 Å². The van der Waals surface area contributed by atoms with E-state index in [2.05, 4.69) is 16.9 Å². The lowest BCUT2D eigenvalue weighted by atomic mass is 9.66. The minimum atomic E-state index is -0.923. The molecule has 162 valence electrons. The quantitative estimate of drug-likeness (QED) is 0.200. The van der Waals surface area contributed by atoms with Crippen molar-refractivity contribution in [3.05, 3.63) is 80.2 Å². The number of nitrogens with zero attached hydrogens (tertiary/aromatic N) is 2. The molecule has 0 aliphatic carbocycles. The van der Waals surface area contributed by atoms with Crippen LogP contribution in [-0.2, 0) is 18.4 Å². The minimum Gasteiger partial charge on any atom is -0.387 e. The number of amidine groups is 1. The maximum absolute atomic E-state index is 10.7. The van der Waals surface area contributed by atoms with E-state index in [-0.39, 0.29) is 25.0 Å². The highest BCUT2D eigenvalue weighted by Crippen LogP contribution is 2.41. The molecule has 5 N–H and O–H groups in total. The van der Waals surface area contributed by atoms with Crippen LogP contribution in [0.3, 0.4) is 0 Å². The van der Waals surface area contributed by atoms with Gasteiger partial charge in [0.1, 0.15) is 18.9 Å². The molecule has 0 heterocycles. The van der Waals surface area contributed by atoms with Gasteiger partial charge >= 0.3 is 0 Å². The number of allylic oxidation sites excluding steroid dienone is 2. The number of nitrogens with one attached hydrogen (secondary N) is 1. The number of aryl methyl sites for hydroxylation is 1. The van der Waals surface area contributed by atoms with Crippen molar-refractivity contribution in [2.24, 2.45) is 21.8 Å². The van der Waals surface area contributed by atoms with Gasteiger partial charge in [-0.3, -0.25) is 5.41 Å². The summed E-state index contributed by atoms with van der Waals surface area (Å²) in [5, 5.41) is 14.5. The molecule has 30 heavy (non-hydrogen) atoms. The Balaban J connectivity index is 3.88. The van der Waals surface area contributed by atoms with Crippen LogP contribution in [0.4, 0.5) is 0 Å². The Hall–Kier alpha value is -2.93. The summed E-state index contributed by atoms with van der Waals surface area (Å²) in [6, 6.07) is 5.49. The smallest absolute Gasteiger partial charge is 0.106 e. The molecule has 1 aromatic carbocycles. The maximum atomic E-state index is 10.7. The second-order valence-corrected chi connectivity index (χ2v) is 7.65. The Morgan fingerprint density at radius 1 is 1.30 bits per heavy atom. The fourth-order valence-corrected chi connectivity index (χ4v) is 3.90. The van der Waals surface area contributed by atoms with Crippen molar-refractivity contribution in [1.29, 1.82) is 5.41 Å². The van der Waals surface area contributed by atoms with Crippen molar-refractivity contribution in [2.45, 2.75) is 58.5 Å². The molecule has 1 rings (SSSR count). The third kappa shape index (κ3) is 5.57. The monoisotopic (exact) mass is 411 g/mol. The molecular formula is C23H33N5O2. The van der Waals surface area contributed by atoms with Gasteiger partial charge in [0.15, 0.2) is 0 Å². The van der Waals surface area contributed by atoms with Crippen LogP contribution in [0.25, 0.3) is 0 Å². The molecule has 0 fully saturated rings. The second kappa shape index (κ2) is 11.3. The predicted octanol–water partition coefficient (Wildman–Crippen LogP) is 4.64. The largest absolute Gasteiger partial charge is 0.387 e. The number of rotatable bonds is 12. The van der Waals surface area contributed by atoms with Crippen molar-refractivity contribution in [3.8, 4) is 0 Å². The van der Waals surface area contributed by atoms with Gasteiger partial charge in [-0.25, -0.2) is 0 Å². The summed E-state index contributed by atoms with van der Waals surface area (Å²) in [4.78, 5) is 21.4. The molecule has 0 aliphatic heterocycles. The van der Waals surface area contributed by atoms with Gasteiger partial charge in [-0.2, -0.15) is 9.81 Å². The number of benzene rings is 1. The lowest BCUT2D eigenvalue weighted by Crippen LogP contribution is -2.46. The van der Waals surface area contributed by atoms with Gasteiger partial charge in [-0.15, -0.1) is 0 Å². The summed E-state index contributed by atoms with van der Waals surface area (Å²) < 4.78 is 0. The zero-order chi connectivity index (χ0) is 22.9. The lowest BCUT2D eigenvalue weighted by molar-refractivity contribution is 0.521. The number of hydrogen-bond donors (Lipinski definition) is 3. The highest BCUT2D eigenvalue weighted by Gasteiger charge is 2.40. The summed E-state index contributed by atoms with van der Waals surface area (Å²) in [5.41, 5.74) is 16.7. The van der Waals surface area contributed by atoms with Crippen molar-refractivity contribution in [3.63, 3.8) is 0 Å². The van der Waals surface area contributed by atoms with Crippen LogP contribution in [0.2, 0.25) is 0 Å². The summed E-state index contributed by atoms with van der Waals surface area (Å²) in [6.45, 7) is 11.6. The minimum absolute atomic E-state index is 0.00493. The van der Waals surface area contributed by atoms with Gasteiger partial charge in [0.25, 0.3) is 0 Å². The molecule has 0 radical (unpaired) electrons. The van der Waals surface area contributed by atoms with Crippen molar-refractivity contribution in [1.82, 2.24) is 0 Å². The molecule has 7 heteroatoms. The molecular weight excluding hydrogens is 378 g/mol. The second-order valence-electron chi connectivity index (χ2n) is 7.65. The van der Waals surface area contributed by atoms with Gasteiger partial charge in [-0.1, -0.05) is 65.4 Å². The highest BCUT2D eigenvalue weighted by atomic mass is 16.3. The Morgan fingerprint density at radius 2 is 1.97 bits per heavy atom. The Labute approximate surface area is 178 Å². The molecule has 0 spiro atoms. The third-order valence-corrected chi connectivity index (χ3v) is 5.49. The molecule has 1 unspecified atom stereocenters. The molecule has 2 atom stereocenters. The summed E-state index contributed by atoms with van der Waals surface area (Å²) >= 11 is 0. The van der Waals surface area contributed by atoms with Crippen LogP contribution in [0.1, 0.15) is 50.8 Å². The SMILES string of the molecule is C=C/C(=C\C(C)=C(/C)C(C[C@@H](C)N)(C(=N)N)c1ccc(CN=O)cc1CC)CN=O. The van der Waals surface area contributed by atoms with E-state index in [0.717, 1.165) is 27.8 Å². The fraction of sp³-hybridized carbons (Fsp3) is 0.435. The van der Waals surface area contributed by atoms with Crippen molar-refractivity contribution >= 4 is 5.84 Å². The number of hydrogen-bond acceptors (Lipinski definition) is 6. The van der Waals surface area contributed by atoms with Crippen LogP contribution >= 0.6 is 0 Å². The van der Waals surface area contributed by atoms with Crippen LogP contribution < -0.4 is 11.5 Å². The van der Waals surface area contributed by atoms with Gasteiger partial charge in [0.05, 0.1) is 5.41 Å². The normalized spacial score (nSPS) is 15.6. The molecule has 1 aromatic rings. The summed E-state index contributed by atoms with van der Waals surface area (Å²) in [5.74, 6) is -0.00493. The Morgan fingerprint density at radius 3 is 2.43 bits per heavy atom. The van der Waals surface area contributed by atoms with Crippen molar-refractivity contribution < 1.29 is 0 Å². The first-order chi connectivity index (χ1) is 14.2. The molecule has 0 aliphatic rings. The maximum Gasteiger partial charge on any atom is 0.106 e. The summed E-state index contributed by atoms with van der Waals surface area (Å²) in [7, 11) is 0. The molecule has 0 aromatic heterocycles. The standard InChI is InChI=1S/C23H33N5O2/c1-6-18(13-27-29)10-15(3)17(5)23(22(25)26,12-16(4)24)21-9-8-19(14-28-30)11-20(21)7-2/h6,8-11,16H,1,7,12-14,24H2,2-5H3,(H3,25,26)/b17-15+,18-10+/t16-,23?/m1/s1. The predicted molar refractivity (Wildman–Crippen MR) is 124 cm³/mol. The first-order valence-corrected chi connectivity index (χ1v) is 9.99. The molecule has 0 bridgehead atoms. The van der Waals surface area contributed by atoms with Crippen LogP contribution in [0.5, 0.6) is 0 Å². The van der Waals surface area contributed by atoms with E-state index in [9.17, 15) is 9.81 Å². The van der Waals surface area contributed by atoms with Crippen LogP contribution in [0.15, 0.2) is 64.0 Å². The van der Waals surface area contributed by atoms with Crippen LogP contribution in [-0.4, -0.2) is 18.4 Å². The summed E-state index contributed by atoms with van der Waals surface area (Å²) in [6.07, 6.45) is 4.58. The molecule has 0 amide bonds. The average molecular weight is 412 g/mol. The Bertz CT molecular complexity index is 870. The number of nitroso groups, excluding NO2 is 2. The van der Waals surface area contributed by atoms with Crippen LogP contribution in [0, 0.1) is 15.2 Å². The topological polar surface area (TPSA) is 135 Å². The van der Waals surface area contributed by atoms with E-state index < -0.39 is 5.41 Å². The first-order valence-electron chi connectivity index (χ1n) is 9.99. The highest BCUT2D eigenvalue weighted by molar-refractivity contribution is 5.93. The molecule has 0 saturated heterocycles. The first kappa shape index (κ1) is 25.1. The Kier molecular flexibility index (Phi) is 9.46.